The van der Waals surface area contributed by atoms with Gasteiger partial charge in [-0.2, -0.15) is 0 Å². The minimum absolute atomic E-state index is 0.340. The third-order valence-electron chi connectivity index (χ3n) is 4.86. The maximum Gasteiger partial charge on any atom is 0.0894 e. The fourth-order valence-electron chi connectivity index (χ4n) is 3.23. The number of allylic oxidation sites excluding steroid dienone is 4. The van der Waals surface area contributed by atoms with Crippen LogP contribution in [0.2, 0.25) is 0 Å². The van der Waals surface area contributed by atoms with Crippen molar-refractivity contribution in [2.24, 2.45) is 0 Å². The zero-order chi connectivity index (χ0) is 20.8. The first-order valence-electron chi connectivity index (χ1n) is 9.55. The molecule has 0 radical (unpaired) electrons. The lowest BCUT2D eigenvalue weighted by molar-refractivity contribution is 1.08. The number of hydrogen-bond donors (Lipinski definition) is 0. The minimum Gasteiger partial charge on any atom is -0.304 e. The van der Waals surface area contributed by atoms with Crippen LogP contribution in [0, 0.1) is 13.8 Å². The topological polar surface area (TPSA) is 9.86 Å². The predicted octanol–water partition coefficient (Wildman–Crippen LogP) is 4.02. The van der Waals surface area contributed by atoms with Gasteiger partial charge in [0, 0.05) is 21.8 Å². The van der Waals surface area contributed by atoms with Crippen LogP contribution in [-0.4, -0.2) is 8.68 Å². The molecule has 0 aliphatic heterocycles. The summed E-state index contributed by atoms with van der Waals surface area (Å²) in [6, 6.07) is 0. The molecular weight excluding hydrogens is 359 g/mol. The molecule has 0 saturated heterocycles. The van der Waals surface area contributed by atoms with Crippen molar-refractivity contribution in [2.75, 3.05) is 0 Å². The Morgan fingerprint density at radius 3 is 1.79 bits per heavy atom. The molecule has 0 bridgehead atoms. The molecule has 0 amide bonds. The molecular formula is C25H31N2P. The molecule has 146 valence electrons. The van der Waals surface area contributed by atoms with Crippen LogP contribution in [0.25, 0.3) is 37.5 Å². The first-order valence-corrected chi connectivity index (χ1v) is 10.4. The van der Waals surface area contributed by atoms with Gasteiger partial charge in [-0.1, -0.05) is 57.5 Å². The fourth-order valence-corrected chi connectivity index (χ4v) is 4.77. The molecule has 0 saturated carbocycles. The highest BCUT2D eigenvalue weighted by molar-refractivity contribution is 7.34. The molecule has 0 N–H and O–H groups in total. The van der Waals surface area contributed by atoms with Gasteiger partial charge in [0.2, 0.25) is 0 Å². The molecule has 0 fully saturated rings. The van der Waals surface area contributed by atoms with E-state index in [9.17, 15) is 0 Å². The van der Waals surface area contributed by atoms with Gasteiger partial charge in [-0.15, -0.1) is 0 Å². The Balaban J connectivity index is 2.92. The van der Waals surface area contributed by atoms with E-state index in [1.54, 1.807) is 12.2 Å². The van der Waals surface area contributed by atoms with Crippen molar-refractivity contribution in [1.82, 2.24) is 8.68 Å². The van der Waals surface area contributed by atoms with Gasteiger partial charge in [0.05, 0.1) is 19.6 Å². The van der Waals surface area contributed by atoms with E-state index >= 15 is 0 Å². The molecule has 0 spiro atoms. The van der Waals surface area contributed by atoms with Crippen molar-refractivity contribution in [3.8, 4) is 0 Å². The van der Waals surface area contributed by atoms with Crippen LogP contribution in [0.1, 0.15) is 42.8 Å². The van der Waals surface area contributed by atoms with Gasteiger partial charge in [-0.25, -0.2) is 0 Å². The molecule has 2 aromatic heterocycles. The van der Waals surface area contributed by atoms with Crippen LogP contribution >= 0.6 is 8.88 Å². The maximum atomic E-state index is 4.25. The summed E-state index contributed by atoms with van der Waals surface area (Å²) < 4.78 is 4.65. The molecule has 0 aliphatic carbocycles. The summed E-state index contributed by atoms with van der Waals surface area (Å²) in [5.74, 6) is 0. The fraction of sp³-hybridized carbons (Fsp3) is 0.200. The lowest BCUT2D eigenvalue weighted by atomic mass is 10.1. The predicted molar refractivity (Wildman–Crippen MR) is 130 cm³/mol. The van der Waals surface area contributed by atoms with Crippen molar-refractivity contribution in [3.05, 3.63) is 81.1 Å². The summed E-state index contributed by atoms with van der Waals surface area (Å²) in [4.78, 5) is 0. The number of aromatic nitrogens is 2. The summed E-state index contributed by atoms with van der Waals surface area (Å²) in [5.41, 5.74) is 5.09. The number of hydrogen-bond acceptors (Lipinski definition) is 0. The van der Waals surface area contributed by atoms with Crippen molar-refractivity contribution in [1.29, 1.82) is 0 Å². The van der Waals surface area contributed by atoms with Crippen LogP contribution in [0.4, 0.5) is 0 Å². The number of rotatable bonds is 7. The van der Waals surface area contributed by atoms with Gasteiger partial charge in [0.15, 0.2) is 0 Å². The van der Waals surface area contributed by atoms with Gasteiger partial charge in [-0.3, -0.25) is 0 Å². The molecule has 1 unspecified atom stereocenters. The van der Waals surface area contributed by atoms with Crippen molar-refractivity contribution < 1.29 is 0 Å². The monoisotopic (exact) mass is 390 g/mol. The highest BCUT2D eigenvalue weighted by atomic mass is 31.1. The summed E-state index contributed by atoms with van der Waals surface area (Å²) in [6.07, 6.45) is 17.4. The van der Waals surface area contributed by atoms with E-state index in [2.05, 4.69) is 87.0 Å². The molecule has 2 heterocycles. The second-order valence-corrected chi connectivity index (χ2v) is 7.73. The van der Waals surface area contributed by atoms with Gasteiger partial charge in [0.1, 0.15) is 0 Å². The molecule has 1 atom stereocenters. The smallest absolute Gasteiger partial charge is 0.0894 e. The molecule has 2 rings (SSSR count). The van der Waals surface area contributed by atoms with Crippen molar-refractivity contribution in [2.45, 2.75) is 34.1 Å². The van der Waals surface area contributed by atoms with Crippen molar-refractivity contribution in [3.63, 3.8) is 0 Å². The Morgan fingerprint density at radius 1 is 0.857 bits per heavy atom. The van der Waals surface area contributed by atoms with Crippen LogP contribution in [0.5, 0.6) is 0 Å². The average molecular weight is 391 g/mol. The first-order chi connectivity index (χ1) is 13.4. The second kappa shape index (κ2) is 9.57. The lowest BCUT2D eigenvalue weighted by Gasteiger charge is -2.13. The van der Waals surface area contributed by atoms with E-state index in [4.69, 9.17) is 0 Å². The van der Waals surface area contributed by atoms with E-state index < -0.39 is 0 Å². The first kappa shape index (κ1) is 21.7. The molecule has 3 heteroatoms. The van der Waals surface area contributed by atoms with Gasteiger partial charge >= 0.3 is 0 Å². The summed E-state index contributed by atoms with van der Waals surface area (Å²) in [5, 5.41) is 3.93. The third kappa shape index (κ3) is 3.98. The summed E-state index contributed by atoms with van der Waals surface area (Å²) >= 11 is 0. The Labute approximate surface area is 170 Å². The van der Waals surface area contributed by atoms with E-state index in [0.29, 0.717) is 8.88 Å². The maximum absolute atomic E-state index is 4.25. The summed E-state index contributed by atoms with van der Waals surface area (Å²) in [6.45, 7) is 24.9. The SMILES string of the molecule is C=C/C=c1\c(=C)c(=C)/c(=C\C=C)n1Pn1c(/C=C\C)c(C)c(C)c1/C=C\CC. The van der Waals surface area contributed by atoms with Crippen LogP contribution in [0.15, 0.2) is 37.5 Å². The van der Waals surface area contributed by atoms with Gasteiger partial charge < -0.3 is 8.68 Å². The van der Waals surface area contributed by atoms with E-state index in [1.807, 2.05) is 12.2 Å². The van der Waals surface area contributed by atoms with Gasteiger partial charge in [0.25, 0.3) is 0 Å². The number of nitrogens with zero attached hydrogens (tertiary/aromatic N) is 2. The summed E-state index contributed by atoms with van der Waals surface area (Å²) in [7, 11) is 0.340. The molecule has 0 aliphatic rings. The molecule has 2 nitrogen and oxygen atoms in total. The Bertz CT molecular complexity index is 1120. The van der Waals surface area contributed by atoms with Gasteiger partial charge in [-0.05, 0) is 62.6 Å². The van der Waals surface area contributed by atoms with E-state index in [0.717, 1.165) is 27.6 Å². The highest BCUT2D eigenvalue weighted by Crippen LogP contribution is 2.31. The molecule has 28 heavy (non-hydrogen) atoms. The van der Waals surface area contributed by atoms with Crippen molar-refractivity contribution >= 4 is 46.3 Å². The molecule has 2 aromatic rings. The van der Waals surface area contributed by atoms with Crippen LogP contribution < -0.4 is 21.1 Å². The molecule has 0 aromatic carbocycles. The second-order valence-electron chi connectivity index (χ2n) is 6.63. The van der Waals surface area contributed by atoms with E-state index in [-0.39, 0.29) is 0 Å². The zero-order valence-electron chi connectivity index (χ0n) is 17.5. The van der Waals surface area contributed by atoms with Crippen LogP contribution in [-0.2, 0) is 0 Å². The highest BCUT2D eigenvalue weighted by Gasteiger charge is 2.15. The lowest BCUT2D eigenvalue weighted by Crippen LogP contribution is -2.34. The van der Waals surface area contributed by atoms with Crippen LogP contribution in [0.3, 0.4) is 0 Å². The standard InChI is InChI=1S/C25H31N2P/c1-9-13-17-25-21(8)20(7)24(16-12-4)27(25)28-26-22(14-10-2)18(5)19(6)23(26)15-11-3/h10-17,28H,2-3,5-6,9H2,1,4,7-8H3/b16-12-,17-13-,22-14+,23-15+. The minimum atomic E-state index is 0.340. The third-order valence-corrected chi connectivity index (χ3v) is 6.23. The zero-order valence-corrected chi connectivity index (χ0v) is 18.5. The average Bonchev–Trinajstić information content (AvgIpc) is 3.03. The quantitative estimate of drug-likeness (QED) is 0.632. The normalized spacial score (nSPS) is 13.7. The largest absolute Gasteiger partial charge is 0.304 e. The Hall–Kier alpha value is -2.57. The van der Waals surface area contributed by atoms with E-state index in [1.165, 1.54) is 22.5 Å². The Morgan fingerprint density at radius 2 is 1.36 bits per heavy atom. The Kier molecular flexibility index (Phi) is 7.43.